The van der Waals surface area contributed by atoms with Crippen LogP contribution in [0.5, 0.6) is 0 Å². The Hall–Kier alpha value is -0.970. The zero-order valence-electron chi connectivity index (χ0n) is 6.30. The monoisotopic (exact) mass is 136 g/mol. The second kappa shape index (κ2) is 3.26. The number of rotatable bonds is 0. The quantitative estimate of drug-likeness (QED) is 0.472. The van der Waals surface area contributed by atoms with Crippen molar-refractivity contribution in [1.29, 1.82) is 5.26 Å². The first kappa shape index (κ1) is 7.14. The van der Waals surface area contributed by atoms with Crippen molar-refractivity contribution in [3.05, 3.63) is 11.8 Å². The number of piperidine rings is 1. The van der Waals surface area contributed by atoms with Crippen LogP contribution in [0.3, 0.4) is 0 Å². The number of hydrogen-bond donors (Lipinski definition) is 0. The van der Waals surface area contributed by atoms with Gasteiger partial charge < -0.3 is 4.90 Å². The van der Waals surface area contributed by atoms with Crippen LogP contribution >= 0.6 is 0 Å². The van der Waals surface area contributed by atoms with Gasteiger partial charge in [-0.15, -0.1) is 0 Å². The van der Waals surface area contributed by atoms with Crippen LogP contribution in [0.25, 0.3) is 0 Å². The van der Waals surface area contributed by atoms with Gasteiger partial charge in [-0.1, -0.05) is 0 Å². The molecule has 0 bridgehead atoms. The predicted molar refractivity (Wildman–Crippen MR) is 40.2 cm³/mol. The highest BCUT2D eigenvalue weighted by molar-refractivity contribution is 5.13. The third-order valence-corrected chi connectivity index (χ3v) is 1.90. The molecule has 0 spiro atoms. The molecule has 0 N–H and O–H groups in total. The lowest BCUT2D eigenvalue weighted by Crippen LogP contribution is -2.23. The molecule has 0 amide bonds. The zero-order chi connectivity index (χ0) is 7.40. The van der Waals surface area contributed by atoms with E-state index in [0.717, 1.165) is 13.0 Å². The van der Waals surface area contributed by atoms with Crippen molar-refractivity contribution in [3.63, 3.8) is 0 Å². The predicted octanol–water partition coefficient (Wildman–Crippen LogP) is 1.51. The summed E-state index contributed by atoms with van der Waals surface area (Å²) in [6, 6.07) is 2.06. The maximum atomic E-state index is 8.38. The molecule has 0 aromatic heterocycles. The molecule has 0 unspecified atom stereocenters. The average Bonchev–Trinajstić information content (AvgIpc) is 1.94. The Morgan fingerprint density at radius 2 is 2.40 bits per heavy atom. The summed E-state index contributed by atoms with van der Waals surface area (Å²) < 4.78 is 0. The summed E-state index contributed by atoms with van der Waals surface area (Å²) in [4.78, 5) is 2.16. The van der Waals surface area contributed by atoms with Crippen LogP contribution in [-0.2, 0) is 0 Å². The van der Waals surface area contributed by atoms with Gasteiger partial charge in [0.1, 0.15) is 0 Å². The van der Waals surface area contributed by atoms with E-state index in [-0.39, 0.29) is 0 Å². The van der Waals surface area contributed by atoms with Crippen LogP contribution in [-0.4, -0.2) is 18.5 Å². The molecule has 2 nitrogen and oxygen atoms in total. The van der Waals surface area contributed by atoms with Crippen LogP contribution in [0.15, 0.2) is 11.8 Å². The van der Waals surface area contributed by atoms with E-state index in [1.807, 2.05) is 7.05 Å². The molecule has 1 aliphatic heterocycles. The molecule has 0 aromatic rings. The van der Waals surface area contributed by atoms with Crippen molar-refractivity contribution in [2.45, 2.75) is 19.3 Å². The Kier molecular flexibility index (Phi) is 2.33. The first-order valence-electron chi connectivity index (χ1n) is 3.64. The van der Waals surface area contributed by atoms with Crippen LogP contribution < -0.4 is 0 Å². The van der Waals surface area contributed by atoms with Crippen LogP contribution in [0, 0.1) is 11.3 Å². The van der Waals surface area contributed by atoms with E-state index < -0.39 is 0 Å². The average molecular weight is 136 g/mol. The van der Waals surface area contributed by atoms with E-state index in [9.17, 15) is 0 Å². The molecule has 1 heterocycles. The Balaban J connectivity index is 2.58. The summed E-state index contributed by atoms with van der Waals surface area (Å²) in [6.07, 6.45) is 5.22. The Bertz CT molecular complexity index is 176. The maximum Gasteiger partial charge on any atom is 0.0930 e. The first-order chi connectivity index (χ1) is 4.84. The van der Waals surface area contributed by atoms with Gasteiger partial charge in [0.2, 0.25) is 0 Å². The van der Waals surface area contributed by atoms with Crippen LogP contribution in [0.2, 0.25) is 0 Å². The molecule has 0 atom stereocenters. The lowest BCUT2D eigenvalue weighted by atomic mass is 10.1. The summed E-state index contributed by atoms with van der Waals surface area (Å²) in [7, 11) is 2.04. The molecular weight excluding hydrogens is 124 g/mol. The summed E-state index contributed by atoms with van der Waals surface area (Å²) in [5.74, 6) is 0. The minimum absolute atomic E-state index is 1.07. The largest absolute Gasteiger partial charge is 0.377 e. The number of hydrogen-bond acceptors (Lipinski definition) is 2. The van der Waals surface area contributed by atoms with Gasteiger partial charge in [0.15, 0.2) is 0 Å². The minimum atomic E-state index is 1.07. The molecule has 1 rings (SSSR count). The number of nitrogens with zero attached hydrogens (tertiary/aromatic N) is 2. The normalized spacial score (nSPS) is 22.8. The molecule has 0 saturated carbocycles. The standard InChI is InChI=1S/C8H12N2/c1-10-7-3-2-4-8(10)5-6-9/h5H,2-4,7H2,1H3/b8-5-. The van der Waals surface area contributed by atoms with Crippen LogP contribution in [0.4, 0.5) is 0 Å². The van der Waals surface area contributed by atoms with Crippen molar-refractivity contribution in [2.75, 3.05) is 13.6 Å². The van der Waals surface area contributed by atoms with E-state index in [1.165, 1.54) is 18.5 Å². The van der Waals surface area contributed by atoms with E-state index in [4.69, 9.17) is 5.26 Å². The number of nitriles is 1. The first-order valence-corrected chi connectivity index (χ1v) is 3.64. The topological polar surface area (TPSA) is 27.0 Å². The van der Waals surface area contributed by atoms with Crippen molar-refractivity contribution < 1.29 is 0 Å². The van der Waals surface area contributed by atoms with Gasteiger partial charge >= 0.3 is 0 Å². The minimum Gasteiger partial charge on any atom is -0.377 e. The molecule has 1 fully saturated rings. The molecule has 10 heavy (non-hydrogen) atoms. The molecule has 1 aliphatic rings. The van der Waals surface area contributed by atoms with E-state index >= 15 is 0 Å². The van der Waals surface area contributed by atoms with Crippen LogP contribution in [0.1, 0.15) is 19.3 Å². The van der Waals surface area contributed by atoms with Crippen molar-refractivity contribution in [2.24, 2.45) is 0 Å². The highest BCUT2D eigenvalue weighted by Crippen LogP contribution is 2.17. The number of likely N-dealkylation sites (tertiary alicyclic amines) is 1. The molecular formula is C8H12N2. The van der Waals surface area contributed by atoms with Gasteiger partial charge in [0.05, 0.1) is 6.07 Å². The van der Waals surface area contributed by atoms with Gasteiger partial charge in [0.25, 0.3) is 0 Å². The Labute approximate surface area is 61.8 Å². The summed E-state index contributed by atoms with van der Waals surface area (Å²) >= 11 is 0. The summed E-state index contributed by atoms with van der Waals surface area (Å²) in [5.41, 5.74) is 1.19. The Morgan fingerprint density at radius 1 is 1.60 bits per heavy atom. The van der Waals surface area contributed by atoms with E-state index in [2.05, 4.69) is 11.0 Å². The third kappa shape index (κ3) is 1.51. The highest BCUT2D eigenvalue weighted by atomic mass is 15.1. The molecule has 2 heteroatoms. The van der Waals surface area contributed by atoms with Crippen molar-refractivity contribution in [1.82, 2.24) is 4.90 Å². The van der Waals surface area contributed by atoms with Gasteiger partial charge in [-0.25, -0.2) is 0 Å². The zero-order valence-corrected chi connectivity index (χ0v) is 6.30. The smallest absolute Gasteiger partial charge is 0.0930 e. The second-order valence-corrected chi connectivity index (χ2v) is 2.64. The maximum absolute atomic E-state index is 8.38. The molecule has 1 saturated heterocycles. The lowest BCUT2D eigenvalue weighted by molar-refractivity contribution is 0.345. The molecule has 54 valence electrons. The highest BCUT2D eigenvalue weighted by Gasteiger charge is 2.09. The fourth-order valence-corrected chi connectivity index (χ4v) is 1.25. The fourth-order valence-electron chi connectivity index (χ4n) is 1.25. The van der Waals surface area contributed by atoms with Crippen molar-refractivity contribution >= 4 is 0 Å². The summed E-state index contributed by atoms with van der Waals surface area (Å²) in [5, 5.41) is 8.38. The fraction of sp³-hybridized carbons (Fsp3) is 0.625. The van der Waals surface area contributed by atoms with Gasteiger partial charge in [-0.05, 0) is 19.3 Å². The SMILES string of the molecule is CN1CCCC/C1=C/C#N. The van der Waals surface area contributed by atoms with Gasteiger partial charge in [0, 0.05) is 25.4 Å². The lowest BCUT2D eigenvalue weighted by Gasteiger charge is -2.26. The van der Waals surface area contributed by atoms with E-state index in [1.54, 1.807) is 6.08 Å². The van der Waals surface area contributed by atoms with Crippen molar-refractivity contribution in [3.8, 4) is 6.07 Å². The molecule has 0 aliphatic carbocycles. The summed E-state index contributed by atoms with van der Waals surface area (Å²) in [6.45, 7) is 1.10. The third-order valence-electron chi connectivity index (χ3n) is 1.90. The van der Waals surface area contributed by atoms with E-state index in [0.29, 0.717) is 0 Å². The number of allylic oxidation sites excluding steroid dienone is 2. The van der Waals surface area contributed by atoms with Gasteiger partial charge in [-0.2, -0.15) is 5.26 Å². The Morgan fingerprint density at radius 3 is 3.00 bits per heavy atom. The molecule has 0 aromatic carbocycles. The van der Waals surface area contributed by atoms with Gasteiger partial charge in [-0.3, -0.25) is 0 Å². The molecule has 0 radical (unpaired) electrons. The second-order valence-electron chi connectivity index (χ2n) is 2.64.